The molecular formula is C24H21N3O4S. The van der Waals surface area contributed by atoms with Crippen molar-refractivity contribution in [3.05, 3.63) is 95.6 Å². The summed E-state index contributed by atoms with van der Waals surface area (Å²) in [6.45, 7) is 0.421. The summed E-state index contributed by atoms with van der Waals surface area (Å²) in [6, 6.07) is 20.1. The molecule has 1 heterocycles. The van der Waals surface area contributed by atoms with Gasteiger partial charge < -0.3 is 11.1 Å². The van der Waals surface area contributed by atoms with Crippen LogP contribution in [0.5, 0.6) is 0 Å². The average molecular weight is 448 g/mol. The number of carbonyl (C=O) groups is 2. The van der Waals surface area contributed by atoms with Crippen molar-refractivity contribution < 1.29 is 18.0 Å². The van der Waals surface area contributed by atoms with E-state index in [0.717, 1.165) is 11.3 Å². The van der Waals surface area contributed by atoms with Crippen LogP contribution >= 0.6 is 0 Å². The van der Waals surface area contributed by atoms with Crippen LogP contribution in [0.2, 0.25) is 0 Å². The van der Waals surface area contributed by atoms with Crippen molar-refractivity contribution in [2.24, 2.45) is 5.73 Å². The molecule has 0 bridgehead atoms. The van der Waals surface area contributed by atoms with E-state index in [1.165, 1.54) is 34.6 Å². The van der Waals surface area contributed by atoms with Gasteiger partial charge in [-0.15, -0.1) is 0 Å². The number of sulfonamides is 1. The van der Waals surface area contributed by atoms with E-state index in [1.807, 2.05) is 24.3 Å². The largest absolute Gasteiger partial charge is 0.366 e. The lowest BCUT2D eigenvalue weighted by Gasteiger charge is -2.19. The molecule has 0 aromatic heterocycles. The molecule has 32 heavy (non-hydrogen) atoms. The maximum Gasteiger partial charge on any atom is 0.264 e. The van der Waals surface area contributed by atoms with Crippen LogP contribution in [0, 0.1) is 0 Å². The van der Waals surface area contributed by atoms with E-state index in [4.69, 9.17) is 5.73 Å². The van der Waals surface area contributed by atoms with E-state index in [-0.39, 0.29) is 10.8 Å². The fourth-order valence-electron chi connectivity index (χ4n) is 3.51. The second kappa shape index (κ2) is 8.68. The summed E-state index contributed by atoms with van der Waals surface area (Å²) in [5.74, 6) is -0.899. The SMILES string of the molecule is NC(=O)c1ccc(NC(=O)C=Cc2ccc(S(=O)(=O)N3CCc4ccccc43)cc2)cc1. The fourth-order valence-corrected chi connectivity index (χ4v) is 5.01. The van der Waals surface area contributed by atoms with Gasteiger partial charge in [-0.2, -0.15) is 0 Å². The molecule has 7 nitrogen and oxygen atoms in total. The number of hydrogen-bond acceptors (Lipinski definition) is 4. The Morgan fingerprint density at radius 1 is 0.938 bits per heavy atom. The topological polar surface area (TPSA) is 110 Å². The number of carbonyl (C=O) groups excluding carboxylic acids is 2. The van der Waals surface area contributed by atoms with Gasteiger partial charge in [0.15, 0.2) is 0 Å². The van der Waals surface area contributed by atoms with E-state index >= 15 is 0 Å². The number of nitrogens with zero attached hydrogens (tertiary/aromatic N) is 1. The Labute approximate surface area is 186 Å². The molecule has 0 radical (unpaired) electrons. The summed E-state index contributed by atoms with van der Waals surface area (Å²) < 4.78 is 27.6. The first kappa shape index (κ1) is 21.3. The van der Waals surface area contributed by atoms with Crippen molar-refractivity contribution >= 4 is 39.3 Å². The number of primary amides is 1. The number of para-hydroxylation sites is 1. The molecule has 3 aromatic carbocycles. The maximum absolute atomic E-state index is 13.1. The van der Waals surface area contributed by atoms with Gasteiger partial charge in [0.2, 0.25) is 11.8 Å². The molecule has 0 aliphatic carbocycles. The molecule has 0 fully saturated rings. The molecule has 0 atom stereocenters. The summed E-state index contributed by atoms with van der Waals surface area (Å²) in [7, 11) is -3.65. The highest BCUT2D eigenvalue weighted by molar-refractivity contribution is 7.92. The van der Waals surface area contributed by atoms with Gasteiger partial charge in [0.05, 0.1) is 10.6 Å². The summed E-state index contributed by atoms with van der Waals surface area (Å²) in [4.78, 5) is 23.4. The Kier molecular flexibility index (Phi) is 5.79. The molecule has 4 rings (SSSR count). The normalized spacial score (nSPS) is 13.2. The monoisotopic (exact) mass is 447 g/mol. The van der Waals surface area contributed by atoms with Crippen LogP contribution in [0.1, 0.15) is 21.5 Å². The Bertz CT molecular complexity index is 1300. The highest BCUT2D eigenvalue weighted by atomic mass is 32.2. The molecule has 3 N–H and O–H groups in total. The number of hydrogen-bond donors (Lipinski definition) is 2. The van der Waals surface area contributed by atoms with Crippen LogP contribution in [0.4, 0.5) is 11.4 Å². The lowest BCUT2D eigenvalue weighted by molar-refractivity contribution is -0.111. The number of rotatable bonds is 6. The number of fused-ring (bicyclic) bond motifs is 1. The maximum atomic E-state index is 13.1. The molecule has 8 heteroatoms. The van der Waals surface area contributed by atoms with Gasteiger partial charge in [0, 0.05) is 23.9 Å². The van der Waals surface area contributed by atoms with Gasteiger partial charge in [-0.05, 0) is 66.1 Å². The lowest BCUT2D eigenvalue weighted by Crippen LogP contribution is -2.29. The Morgan fingerprint density at radius 3 is 2.31 bits per heavy atom. The van der Waals surface area contributed by atoms with Crippen LogP contribution < -0.4 is 15.4 Å². The standard InChI is InChI=1S/C24H21N3O4S/c25-24(29)19-8-10-20(11-9-19)26-23(28)14-7-17-5-12-21(13-6-17)32(30,31)27-16-15-18-3-1-2-4-22(18)27/h1-14H,15-16H2,(H2,25,29)(H,26,28). The Morgan fingerprint density at radius 2 is 1.62 bits per heavy atom. The van der Waals surface area contributed by atoms with Crippen molar-refractivity contribution in [1.29, 1.82) is 0 Å². The number of nitrogens with one attached hydrogen (secondary N) is 1. The first-order valence-corrected chi connectivity index (χ1v) is 11.4. The zero-order valence-corrected chi connectivity index (χ0v) is 17.9. The molecular weight excluding hydrogens is 426 g/mol. The van der Waals surface area contributed by atoms with Crippen LogP contribution in [0.25, 0.3) is 6.08 Å². The summed E-state index contributed by atoms with van der Waals surface area (Å²) in [5, 5.41) is 2.68. The second-order valence-electron chi connectivity index (χ2n) is 7.29. The Hall–Kier alpha value is -3.91. The number of benzene rings is 3. The van der Waals surface area contributed by atoms with E-state index in [2.05, 4.69) is 5.32 Å². The highest BCUT2D eigenvalue weighted by Crippen LogP contribution is 2.32. The predicted octanol–water partition coefficient (Wildman–Crippen LogP) is 3.19. The number of anilines is 2. The Balaban J connectivity index is 1.43. The number of nitrogens with two attached hydrogens (primary N) is 1. The average Bonchev–Trinajstić information content (AvgIpc) is 3.23. The molecule has 0 saturated heterocycles. The van der Waals surface area contributed by atoms with Gasteiger partial charge in [0.1, 0.15) is 0 Å². The third kappa shape index (κ3) is 4.40. The van der Waals surface area contributed by atoms with E-state index in [0.29, 0.717) is 29.8 Å². The minimum absolute atomic E-state index is 0.199. The predicted molar refractivity (Wildman–Crippen MR) is 124 cm³/mol. The third-order valence-electron chi connectivity index (χ3n) is 5.18. The minimum atomic E-state index is -3.65. The molecule has 1 aliphatic heterocycles. The molecule has 3 aromatic rings. The number of amides is 2. The van der Waals surface area contributed by atoms with Crippen molar-refractivity contribution in [3.8, 4) is 0 Å². The van der Waals surface area contributed by atoms with Crippen LogP contribution in [0.15, 0.2) is 83.8 Å². The summed E-state index contributed by atoms with van der Waals surface area (Å²) in [6.07, 6.45) is 3.63. The summed E-state index contributed by atoms with van der Waals surface area (Å²) >= 11 is 0. The van der Waals surface area contributed by atoms with E-state index in [9.17, 15) is 18.0 Å². The zero-order chi connectivity index (χ0) is 22.7. The lowest BCUT2D eigenvalue weighted by atomic mass is 10.2. The van der Waals surface area contributed by atoms with Crippen LogP contribution in [-0.4, -0.2) is 26.8 Å². The molecule has 0 unspecified atom stereocenters. The van der Waals surface area contributed by atoms with Gasteiger partial charge in [-0.1, -0.05) is 30.3 Å². The summed E-state index contributed by atoms with van der Waals surface area (Å²) in [5.41, 5.74) is 8.50. The van der Waals surface area contributed by atoms with Crippen LogP contribution in [-0.2, 0) is 21.2 Å². The minimum Gasteiger partial charge on any atom is -0.366 e. The van der Waals surface area contributed by atoms with Crippen molar-refractivity contribution in [2.75, 3.05) is 16.2 Å². The highest BCUT2D eigenvalue weighted by Gasteiger charge is 2.30. The third-order valence-corrected chi connectivity index (χ3v) is 7.00. The van der Waals surface area contributed by atoms with Gasteiger partial charge in [-0.25, -0.2) is 8.42 Å². The van der Waals surface area contributed by atoms with Crippen molar-refractivity contribution in [3.63, 3.8) is 0 Å². The van der Waals surface area contributed by atoms with Gasteiger partial charge >= 0.3 is 0 Å². The first-order valence-electron chi connectivity index (χ1n) is 9.94. The molecule has 1 aliphatic rings. The van der Waals surface area contributed by atoms with E-state index in [1.54, 1.807) is 30.3 Å². The zero-order valence-electron chi connectivity index (χ0n) is 17.1. The molecule has 0 spiro atoms. The second-order valence-corrected chi connectivity index (χ2v) is 9.15. The molecule has 2 amide bonds. The van der Waals surface area contributed by atoms with Crippen molar-refractivity contribution in [1.82, 2.24) is 0 Å². The van der Waals surface area contributed by atoms with Gasteiger partial charge in [-0.3, -0.25) is 13.9 Å². The molecule has 162 valence electrons. The van der Waals surface area contributed by atoms with Crippen molar-refractivity contribution in [2.45, 2.75) is 11.3 Å². The molecule has 0 saturated carbocycles. The van der Waals surface area contributed by atoms with Gasteiger partial charge in [0.25, 0.3) is 10.0 Å². The smallest absolute Gasteiger partial charge is 0.264 e. The fraction of sp³-hybridized carbons (Fsp3) is 0.0833. The van der Waals surface area contributed by atoms with Crippen LogP contribution in [0.3, 0.4) is 0 Å². The van der Waals surface area contributed by atoms with E-state index < -0.39 is 15.9 Å². The first-order chi connectivity index (χ1) is 15.3. The quantitative estimate of drug-likeness (QED) is 0.566.